The van der Waals surface area contributed by atoms with Crippen LogP contribution in [-0.4, -0.2) is 37.1 Å². The van der Waals surface area contributed by atoms with E-state index in [1.165, 1.54) is 6.92 Å². The first-order valence-electron chi connectivity index (χ1n) is 8.65. The molecule has 3 rings (SSSR count). The van der Waals surface area contributed by atoms with E-state index in [9.17, 15) is 9.59 Å². The van der Waals surface area contributed by atoms with Gasteiger partial charge in [-0.15, -0.1) is 0 Å². The highest BCUT2D eigenvalue weighted by Gasteiger charge is 2.18. The van der Waals surface area contributed by atoms with E-state index in [1.54, 1.807) is 43.3 Å². The molecule has 146 valence electrons. The summed E-state index contributed by atoms with van der Waals surface area (Å²) in [7, 11) is 0. The number of para-hydroxylation sites is 1. The van der Waals surface area contributed by atoms with Crippen LogP contribution in [0.3, 0.4) is 0 Å². The van der Waals surface area contributed by atoms with Gasteiger partial charge in [-0.1, -0.05) is 23.4 Å². The lowest BCUT2D eigenvalue weighted by molar-refractivity contribution is -0.157. The van der Waals surface area contributed by atoms with E-state index in [4.69, 9.17) is 19.0 Å². The number of oxime groups is 1. The van der Waals surface area contributed by atoms with Gasteiger partial charge < -0.3 is 24.4 Å². The third-order valence-electron chi connectivity index (χ3n) is 3.89. The van der Waals surface area contributed by atoms with Crippen LogP contribution in [0.5, 0.6) is 11.5 Å². The minimum absolute atomic E-state index is 0.188. The van der Waals surface area contributed by atoms with Crippen LogP contribution in [0.4, 0.5) is 5.69 Å². The Balaban J connectivity index is 1.45. The van der Waals surface area contributed by atoms with Crippen molar-refractivity contribution in [2.75, 3.05) is 18.7 Å². The molecular formula is C20H20N2O6. The summed E-state index contributed by atoms with van der Waals surface area (Å²) in [4.78, 5) is 28.9. The number of hydrogen-bond donors (Lipinski definition) is 1. The van der Waals surface area contributed by atoms with Crippen molar-refractivity contribution < 1.29 is 28.6 Å². The molecular weight excluding hydrogens is 364 g/mol. The maximum atomic E-state index is 12.0. The zero-order chi connectivity index (χ0) is 19.9. The summed E-state index contributed by atoms with van der Waals surface area (Å²) in [6.45, 7) is 2.99. The number of ether oxygens (including phenoxy) is 3. The molecule has 0 aliphatic carbocycles. The maximum absolute atomic E-state index is 12.0. The molecule has 0 saturated carbocycles. The fourth-order valence-corrected chi connectivity index (χ4v) is 2.41. The van der Waals surface area contributed by atoms with E-state index < -0.39 is 24.6 Å². The average Bonchev–Trinajstić information content (AvgIpc) is 3.16. The number of anilines is 1. The van der Waals surface area contributed by atoms with Gasteiger partial charge in [-0.2, -0.15) is 0 Å². The number of esters is 1. The number of carbonyl (C=O) groups is 2. The Morgan fingerprint density at radius 3 is 2.68 bits per heavy atom. The van der Waals surface area contributed by atoms with Crippen LogP contribution >= 0.6 is 0 Å². The molecule has 0 fully saturated rings. The van der Waals surface area contributed by atoms with Crippen molar-refractivity contribution in [2.45, 2.75) is 20.0 Å². The van der Waals surface area contributed by atoms with Crippen LogP contribution in [0.1, 0.15) is 19.4 Å². The summed E-state index contributed by atoms with van der Waals surface area (Å²) >= 11 is 0. The fraction of sp³-hybridized carbons (Fsp3) is 0.250. The topological polar surface area (TPSA) is 95.5 Å². The van der Waals surface area contributed by atoms with Crippen LogP contribution in [0, 0.1) is 0 Å². The summed E-state index contributed by atoms with van der Waals surface area (Å²) in [5.74, 6) is 0.172. The molecule has 1 aliphatic rings. The number of rotatable bonds is 7. The largest absolute Gasteiger partial charge is 0.454 e. The Morgan fingerprint density at radius 1 is 1.14 bits per heavy atom. The molecule has 0 unspecified atom stereocenters. The van der Waals surface area contributed by atoms with E-state index in [0.717, 1.165) is 5.56 Å². The molecule has 1 atom stereocenters. The molecule has 0 spiro atoms. The predicted molar refractivity (Wildman–Crippen MR) is 101 cm³/mol. The quantitative estimate of drug-likeness (QED) is 0.448. The minimum atomic E-state index is -0.963. The van der Waals surface area contributed by atoms with Crippen molar-refractivity contribution in [1.29, 1.82) is 0 Å². The van der Waals surface area contributed by atoms with Gasteiger partial charge in [-0.25, -0.2) is 4.79 Å². The molecule has 28 heavy (non-hydrogen) atoms. The molecule has 1 aliphatic heterocycles. The highest BCUT2D eigenvalue weighted by Crippen LogP contribution is 2.32. The van der Waals surface area contributed by atoms with Crippen molar-refractivity contribution in [3.8, 4) is 11.5 Å². The zero-order valence-corrected chi connectivity index (χ0v) is 15.5. The molecule has 1 amide bonds. The molecule has 0 radical (unpaired) electrons. The summed E-state index contributed by atoms with van der Waals surface area (Å²) in [6.07, 6.45) is -0.963. The van der Waals surface area contributed by atoms with E-state index in [1.807, 2.05) is 12.1 Å². The smallest absolute Gasteiger partial charge is 0.347 e. The van der Waals surface area contributed by atoms with Gasteiger partial charge in [-0.05, 0) is 44.2 Å². The summed E-state index contributed by atoms with van der Waals surface area (Å²) in [5.41, 5.74) is 1.95. The summed E-state index contributed by atoms with van der Waals surface area (Å²) in [5, 5.41) is 6.56. The van der Waals surface area contributed by atoms with Gasteiger partial charge in [0.15, 0.2) is 17.6 Å². The van der Waals surface area contributed by atoms with Crippen molar-refractivity contribution in [1.82, 2.24) is 0 Å². The third kappa shape index (κ3) is 5.00. The highest BCUT2D eigenvalue weighted by molar-refractivity contribution is 5.99. The lowest BCUT2D eigenvalue weighted by atomic mass is 10.1. The molecule has 2 aromatic rings. The summed E-state index contributed by atoms with van der Waals surface area (Å²) < 4.78 is 15.6. The van der Waals surface area contributed by atoms with Crippen LogP contribution in [0.25, 0.3) is 0 Å². The molecule has 1 heterocycles. The Hall–Kier alpha value is -3.55. The standard InChI is InChI=1S/C20H20N2O6/c1-13(15-8-9-17-18(10-15)26-12-25-17)22-27-11-19(23)28-14(2)20(24)21-16-6-4-3-5-7-16/h3-10,14H,11-12H2,1-2H3,(H,21,24)/b22-13-/t14-/m1/s1. The maximum Gasteiger partial charge on any atom is 0.347 e. The number of benzene rings is 2. The highest BCUT2D eigenvalue weighted by atomic mass is 16.7. The Kier molecular flexibility index (Phi) is 6.11. The first-order chi connectivity index (χ1) is 13.5. The van der Waals surface area contributed by atoms with Crippen molar-refractivity contribution in [3.05, 3.63) is 54.1 Å². The van der Waals surface area contributed by atoms with E-state index in [2.05, 4.69) is 10.5 Å². The van der Waals surface area contributed by atoms with E-state index in [-0.39, 0.29) is 6.79 Å². The Bertz CT molecular complexity index is 882. The molecule has 8 heteroatoms. The van der Waals surface area contributed by atoms with Crippen LogP contribution in [0.15, 0.2) is 53.7 Å². The van der Waals surface area contributed by atoms with E-state index in [0.29, 0.717) is 22.9 Å². The monoisotopic (exact) mass is 384 g/mol. The lowest BCUT2D eigenvalue weighted by Crippen LogP contribution is -2.31. The van der Waals surface area contributed by atoms with Crippen molar-refractivity contribution in [3.63, 3.8) is 0 Å². The number of hydrogen-bond acceptors (Lipinski definition) is 7. The third-order valence-corrected chi connectivity index (χ3v) is 3.89. The first-order valence-corrected chi connectivity index (χ1v) is 8.65. The number of nitrogens with zero attached hydrogens (tertiary/aromatic N) is 1. The molecule has 0 bridgehead atoms. The first kappa shape index (κ1) is 19.2. The average molecular weight is 384 g/mol. The second-order valence-corrected chi connectivity index (χ2v) is 6.01. The van der Waals surface area contributed by atoms with Gasteiger partial charge in [-0.3, -0.25) is 4.79 Å². The normalized spacial score (nSPS) is 13.6. The van der Waals surface area contributed by atoms with Gasteiger partial charge >= 0.3 is 5.97 Å². The van der Waals surface area contributed by atoms with Gasteiger partial charge in [0.1, 0.15) is 0 Å². The number of carbonyl (C=O) groups excluding carboxylic acids is 2. The van der Waals surface area contributed by atoms with Crippen LogP contribution < -0.4 is 14.8 Å². The van der Waals surface area contributed by atoms with Gasteiger partial charge in [0.25, 0.3) is 5.91 Å². The van der Waals surface area contributed by atoms with Crippen LogP contribution in [-0.2, 0) is 19.2 Å². The Morgan fingerprint density at radius 2 is 1.89 bits per heavy atom. The van der Waals surface area contributed by atoms with Crippen LogP contribution in [0.2, 0.25) is 0 Å². The van der Waals surface area contributed by atoms with Gasteiger partial charge in [0, 0.05) is 11.3 Å². The SMILES string of the molecule is C/C(=N/OCC(=O)O[C@H](C)C(=O)Nc1ccccc1)c1ccc2c(c1)OCO2. The van der Waals surface area contributed by atoms with Crippen molar-refractivity contribution in [2.24, 2.45) is 5.16 Å². The number of fused-ring (bicyclic) bond motifs is 1. The number of nitrogens with one attached hydrogen (secondary N) is 1. The van der Waals surface area contributed by atoms with E-state index >= 15 is 0 Å². The molecule has 8 nitrogen and oxygen atoms in total. The Labute approximate surface area is 162 Å². The van der Waals surface area contributed by atoms with Crippen molar-refractivity contribution >= 4 is 23.3 Å². The predicted octanol–water partition coefficient (Wildman–Crippen LogP) is 2.73. The number of amides is 1. The van der Waals surface area contributed by atoms with Gasteiger partial charge in [0.05, 0.1) is 5.71 Å². The lowest BCUT2D eigenvalue weighted by Gasteiger charge is -2.13. The molecule has 2 aromatic carbocycles. The molecule has 0 saturated heterocycles. The summed E-state index contributed by atoms with van der Waals surface area (Å²) in [6, 6.07) is 14.3. The molecule has 0 aromatic heterocycles. The molecule has 1 N–H and O–H groups in total. The minimum Gasteiger partial charge on any atom is -0.454 e. The second kappa shape index (κ2) is 8.90. The second-order valence-electron chi connectivity index (χ2n) is 6.01. The van der Waals surface area contributed by atoms with Gasteiger partial charge in [0.2, 0.25) is 13.4 Å². The fourth-order valence-electron chi connectivity index (χ4n) is 2.41. The zero-order valence-electron chi connectivity index (χ0n) is 15.5.